The van der Waals surface area contributed by atoms with Gasteiger partial charge in [-0.1, -0.05) is 66.7 Å². The molecule has 30 heavy (non-hydrogen) atoms. The van der Waals surface area contributed by atoms with E-state index in [1.165, 1.54) is 4.90 Å². The van der Waals surface area contributed by atoms with E-state index in [-0.39, 0.29) is 11.8 Å². The highest BCUT2D eigenvalue weighted by atomic mass is 16.2. The first-order valence-electron chi connectivity index (χ1n) is 9.98. The zero-order valence-corrected chi connectivity index (χ0v) is 17.4. The average Bonchev–Trinajstić information content (AvgIpc) is 3.01. The predicted molar refractivity (Wildman–Crippen MR) is 120 cm³/mol. The first kappa shape index (κ1) is 19.6. The fraction of sp³-hybridized carbons (Fsp3) is 0.154. The Kier molecular flexibility index (Phi) is 5.23. The Hall–Kier alpha value is -3.66. The summed E-state index contributed by atoms with van der Waals surface area (Å²) in [5, 5.41) is 0. The van der Waals surface area contributed by atoms with Crippen LogP contribution in [-0.4, -0.2) is 23.8 Å². The minimum Gasteiger partial charge on any atom is -0.365 e. The van der Waals surface area contributed by atoms with E-state index in [9.17, 15) is 9.59 Å². The molecule has 0 radical (unpaired) electrons. The molecule has 4 heteroatoms. The SMILES string of the molecule is Cc1ccc(C2=C(N(C)Cc3ccccc3)C(=O)N(c3ccccc3)C2=O)cc1C. The van der Waals surface area contributed by atoms with Crippen LogP contribution in [0.3, 0.4) is 0 Å². The normalized spacial score (nSPS) is 13.9. The lowest BCUT2D eigenvalue weighted by molar-refractivity contribution is -0.120. The van der Waals surface area contributed by atoms with Crippen molar-refractivity contribution in [2.75, 3.05) is 11.9 Å². The highest BCUT2D eigenvalue weighted by Crippen LogP contribution is 2.35. The summed E-state index contributed by atoms with van der Waals surface area (Å²) >= 11 is 0. The van der Waals surface area contributed by atoms with Crippen molar-refractivity contribution in [3.8, 4) is 0 Å². The summed E-state index contributed by atoms with van der Waals surface area (Å²) < 4.78 is 0. The second-order valence-corrected chi connectivity index (χ2v) is 7.65. The maximum absolute atomic E-state index is 13.5. The first-order valence-corrected chi connectivity index (χ1v) is 9.98. The van der Waals surface area contributed by atoms with E-state index >= 15 is 0 Å². The Balaban J connectivity index is 1.82. The van der Waals surface area contributed by atoms with Crippen molar-refractivity contribution in [1.29, 1.82) is 0 Å². The van der Waals surface area contributed by atoms with E-state index in [0.717, 1.165) is 22.3 Å². The highest BCUT2D eigenvalue weighted by Gasteiger charge is 2.41. The van der Waals surface area contributed by atoms with E-state index in [4.69, 9.17) is 0 Å². The summed E-state index contributed by atoms with van der Waals surface area (Å²) in [4.78, 5) is 30.1. The summed E-state index contributed by atoms with van der Waals surface area (Å²) in [6, 6.07) is 24.9. The van der Waals surface area contributed by atoms with Crippen LogP contribution >= 0.6 is 0 Å². The molecule has 0 saturated heterocycles. The standard InChI is InChI=1S/C26H24N2O2/c1-18-14-15-21(16-19(18)2)23-24(27(3)17-20-10-6-4-7-11-20)26(30)28(25(23)29)22-12-8-5-9-13-22/h4-16H,17H2,1-3H3. The number of benzene rings is 3. The van der Waals surface area contributed by atoms with Gasteiger partial charge in [-0.3, -0.25) is 9.59 Å². The van der Waals surface area contributed by atoms with Crippen LogP contribution in [-0.2, 0) is 16.1 Å². The summed E-state index contributed by atoms with van der Waals surface area (Å²) in [5.74, 6) is -0.581. The molecule has 3 aromatic rings. The van der Waals surface area contributed by atoms with Crippen LogP contribution in [0.5, 0.6) is 0 Å². The molecular formula is C26H24N2O2. The molecule has 150 valence electrons. The summed E-state index contributed by atoms with van der Waals surface area (Å²) in [5.41, 5.74) is 5.53. The molecule has 0 aliphatic carbocycles. The predicted octanol–water partition coefficient (Wildman–Crippen LogP) is 4.72. The van der Waals surface area contributed by atoms with Crippen LogP contribution in [0, 0.1) is 13.8 Å². The molecular weight excluding hydrogens is 372 g/mol. The van der Waals surface area contributed by atoms with E-state index in [1.807, 2.05) is 92.5 Å². The van der Waals surface area contributed by atoms with Crippen LogP contribution < -0.4 is 4.90 Å². The lowest BCUT2D eigenvalue weighted by Gasteiger charge is -2.21. The Bertz CT molecular complexity index is 1130. The van der Waals surface area contributed by atoms with E-state index in [0.29, 0.717) is 23.5 Å². The van der Waals surface area contributed by atoms with Gasteiger partial charge in [0.2, 0.25) is 0 Å². The van der Waals surface area contributed by atoms with Gasteiger partial charge in [0.05, 0.1) is 11.3 Å². The van der Waals surface area contributed by atoms with Crippen molar-refractivity contribution in [3.63, 3.8) is 0 Å². The van der Waals surface area contributed by atoms with Gasteiger partial charge in [0.25, 0.3) is 11.8 Å². The Labute approximate surface area is 177 Å². The van der Waals surface area contributed by atoms with Crippen LogP contribution in [0.4, 0.5) is 5.69 Å². The molecule has 3 aromatic carbocycles. The molecule has 4 rings (SSSR count). The lowest BCUT2D eigenvalue weighted by Crippen LogP contribution is -2.34. The highest BCUT2D eigenvalue weighted by molar-refractivity contribution is 6.45. The molecule has 0 fully saturated rings. The number of nitrogens with zero attached hydrogens (tertiary/aromatic N) is 2. The van der Waals surface area contributed by atoms with Crippen molar-refractivity contribution in [2.24, 2.45) is 0 Å². The molecule has 0 atom stereocenters. The van der Waals surface area contributed by atoms with Crippen LogP contribution in [0.1, 0.15) is 22.3 Å². The Morgan fingerprint density at radius 2 is 1.40 bits per heavy atom. The number of rotatable bonds is 5. The van der Waals surface area contributed by atoms with Crippen molar-refractivity contribution in [2.45, 2.75) is 20.4 Å². The van der Waals surface area contributed by atoms with Gasteiger partial charge in [-0.15, -0.1) is 0 Å². The third kappa shape index (κ3) is 3.52. The molecule has 4 nitrogen and oxygen atoms in total. The molecule has 0 saturated carbocycles. The number of imide groups is 1. The number of hydrogen-bond acceptors (Lipinski definition) is 3. The number of aryl methyl sites for hydroxylation is 2. The molecule has 0 aromatic heterocycles. The van der Waals surface area contributed by atoms with Gasteiger partial charge in [0, 0.05) is 13.6 Å². The van der Waals surface area contributed by atoms with E-state index in [1.54, 1.807) is 12.1 Å². The van der Waals surface area contributed by atoms with Gasteiger partial charge in [-0.05, 0) is 48.2 Å². The zero-order chi connectivity index (χ0) is 21.3. The molecule has 1 aliphatic heterocycles. The van der Waals surface area contributed by atoms with Gasteiger partial charge >= 0.3 is 0 Å². The minimum absolute atomic E-state index is 0.288. The maximum atomic E-state index is 13.5. The van der Waals surface area contributed by atoms with E-state index in [2.05, 4.69) is 0 Å². The lowest BCUT2D eigenvalue weighted by atomic mass is 9.99. The monoisotopic (exact) mass is 396 g/mol. The number of amides is 2. The third-order valence-corrected chi connectivity index (χ3v) is 5.51. The number of likely N-dealkylation sites (N-methyl/N-ethyl adjacent to an activating group) is 1. The van der Waals surface area contributed by atoms with Crippen molar-refractivity contribution < 1.29 is 9.59 Å². The summed E-state index contributed by atoms with van der Waals surface area (Å²) in [6.07, 6.45) is 0. The molecule has 0 bridgehead atoms. The number of anilines is 1. The Morgan fingerprint density at radius 1 is 0.767 bits per heavy atom. The van der Waals surface area contributed by atoms with Gasteiger partial charge in [0.15, 0.2) is 0 Å². The second-order valence-electron chi connectivity index (χ2n) is 7.65. The number of para-hydroxylation sites is 1. The smallest absolute Gasteiger partial charge is 0.282 e. The number of hydrogen-bond donors (Lipinski definition) is 0. The molecule has 0 N–H and O–H groups in total. The first-order chi connectivity index (χ1) is 14.5. The van der Waals surface area contributed by atoms with Gasteiger partial charge in [-0.25, -0.2) is 4.90 Å². The van der Waals surface area contributed by atoms with Gasteiger partial charge < -0.3 is 4.90 Å². The number of carbonyl (C=O) groups excluding carboxylic acids is 2. The topological polar surface area (TPSA) is 40.6 Å². The van der Waals surface area contributed by atoms with Crippen molar-refractivity contribution >= 4 is 23.1 Å². The zero-order valence-electron chi connectivity index (χ0n) is 17.4. The van der Waals surface area contributed by atoms with Crippen LogP contribution in [0.15, 0.2) is 84.6 Å². The number of carbonyl (C=O) groups is 2. The van der Waals surface area contributed by atoms with Gasteiger partial charge in [0.1, 0.15) is 5.70 Å². The summed E-state index contributed by atoms with van der Waals surface area (Å²) in [6.45, 7) is 4.59. The molecule has 1 heterocycles. The molecule has 2 amide bonds. The quantitative estimate of drug-likeness (QED) is 0.586. The van der Waals surface area contributed by atoms with Crippen LogP contribution in [0.2, 0.25) is 0 Å². The third-order valence-electron chi connectivity index (χ3n) is 5.51. The molecule has 0 unspecified atom stereocenters. The molecule has 0 spiro atoms. The Morgan fingerprint density at radius 3 is 2.03 bits per heavy atom. The van der Waals surface area contributed by atoms with Crippen molar-refractivity contribution in [3.05, 3.63) is 107 Å². The largest absolute Gasteiger partial charge is 0.365 e. The summed E-state index contributed by atoms with van der Waals surface area (Å²) in [7, 11) is 1.86. The fourth-order valence-electron chi connectivity index (χ4n) is 3.78. The average molecular weight is 396 g/mol. The van der Waals surface area contributed by atoms with Gasteiger partial charge in [-0.2, -0.15) is 0 Å². The fourth-order valence-corrected chi connectivity index (χ4v) is 3.78. The maximum Gasteiger partial charge on any atom is 0.282 e. The van der Waals surface area contributed by atoms with E-state index < -0.39 is 0 Å². The second kappa shape index (κ2) is 7.99. The van der Waals surface area contributed by atoms with Crippen molar-refractivity contribution in [1.82, 2.24) is 4.90 Å². The van der Waals surface area contributed by atoms with Crippen LogP contribution in [0.25, 0.3) is 5.57 Å². The molecule has 1 aliphatic rings. The minimum atomic E-state index is -0.294.